The molecule has 0 aliphatic heterocycles. The molecule has 0 radical (unpaired) electrons. The Hall–Kier alpha value is -4.32. The number of benzene rings is 3. The molecule has 6 heteroatoms. The Labute approximate surface area is 223 Å². The number of hydrogen-bond acceptors (Lipinski definition) is 3. The molecule has 1 atom stereocenters. The van der Waals surface area contributed by atoms with Crippen LogP contribution in [0.15, 0.2) is 91.1 Å². The molecule has 0 aliphatic carbocycles. The molecule has 3 aromatic carbocycles. The summed E-state index contributed by atoms with van der Waals surface area (Å²) < 4.78 is 8.03. The Balaban J connectivity index is 1.50. The van der Waals surface area contributed by atoms with E-state index in [0.29, 0.717) is 23.8 Å². The second-order valence-corrected chi connectivity index (χ2v) is 9.75. The summed E-state index contributed by atoms with van der Waals surface area (Å²) >= 11 is 0. The van der Waals surface area contributed by atoms with E-state index in [1.165, 1.54) is 5.56 Å². The molecule has 6 nitrogen and oxygen atoms in total. The van der Waals surface area contributed by atoms with Crippen molar-refractivity contribution in [3.8, 4) is 5.75 Å². The van der Waals surface area contributed by atoms with Gasteiger partial charge in [0.05, 0.1) is 18.3 Å². The molecule has 4 rings (SSSR count). The largest absolute Gasteiger partial charge is 0.491 e. The number of nitrogens with zero attached hydrogens (tertiary/aromatic N) is 1. The molecule has 1 heterocycles. The maximum absolute atomic E-state index is 12.8. The predicted octanol–water partition coefficient (Wildman–Crippen LogP) is 7.17. The van der Waals surface area contributed by atoms with Gasteiger partial charge in [-0.2, -0.15) is 0 Å². The molecular weight excluding hydrogens is 476 g/mol. The fourth-order valence-electron chi connectivity index (χ4n) is 4.72. The standard InChI is InChI=1S/C32H34N2O4/c1-22(2)32(24-10-5-4-6-11-24)34-18-17-26-21-25(15-16-28(26)34)23(3)20-30(35)33-27-12-7-8-13-29(27)38-19-9-14-31(36)37/h4-8,10-13,15-18,20-22,32H,9,14,19H2,1-3H3,(H,33,35)(H,36,37)/b23-20+. The molecule has 1 aromatic heterocycles. The minimum absolute atomic E-state index is 0.0363. The number of carbonyl (C=O) groups excluding carboxylic acids is 1. The minimum Gasteiger partial charge on any atom is -0.491 e. The lowest BCUT2D eigenvalue weighted by molar-refractivity contribution is -0.137. The van der Waals surface area contributed by atoms with Crippen molar-refractivity contribution >= 4 is 34.0 Å². The SMILES string of the molecule is C/C(=C\C(=O)Nc1ccccc1OCCCC(=O)O)c1ccc2c(ccn2C(c2ccccc2)C(C)C)c1. The van der Waals surface area contributed by atoms with Gasteiger partial charge >= 0.3 is 5.97 Å². The molecule has 4 aromatic rings. The first-order chi connectivity index (χ1) is 18.3. The molecule has 1 unspecified atom stereocenters. The minimum atomic E-state index is -0.860. The zero-order chi connectivity index (χ0) is 27.1. The van der Waals surface area contributed by atoms with Crippen LogP contribution >= 0.6 is 0 Å². The van der Waals surface area contributed by atoms with E-state index in [-0.39, 0.29) is 25.0 Å². The first-order valence-corrected chi connectivity index (χ1v) is 12.9. The van der Waals surface area contributed by atoms with Crippen LogP contribution < -0.4 is 10.1 Å². The number of carboxylic acids is 1. The van der Waals surface area contributed by atoms with E-state index in [1.54, 1.807) is 18.2 Å². The third-order valence-corrected chi connectivity index (χ3v) is 6.53. The summed E-state index contributed by atoms with van der Waals surface area (Å²) in [4.78, 5) is 23.5. The number of para-hydroxylation sites is 2. The van der Waals surface area contributed by atoms with Gasteiger partial charge in [-0.15, -0.1) is 0 Å². The van der Waals surface area contributed by atoms with Crippen LogP contribution in [0.5, 0.6) is 5.75 Å². The van der Waals surface area contributed by atoms with Crippen LogP contribution in [-0.4, -0.2) is 28.2 Å². The van der Waals surface area contributed by atoms with Crippen LogP contribution in [0.2, 0.25) is 0 Å². The van der Waals surface area contributed by atoms with Gasteiger partial charge in [-0.3, -0.25) is 9.59 Å². The van der Waals surface area contributed by atoms with Crippen molar-refractivity contribution in [3.63, 3.8) is 0 Å². The number of ether oxygens (including phenoxy) is 1. The number of rotatable bonds is 11. The zero-order valence-electron chi connectivity index (χ0n) is 22.1. The van der Waals surface area contributed by atoms with Crippen molar-refractivity contribution in [2.75, 3.05) is 11.9 Å². The molecule has 1 amide bonds. The van der Waals surface area contributed by atoms with Gasteiger partial charge in [0.1, 0.15) is 5.75 Å². The monoisotopic (exact) mass is 510 g/mol. The van der Waals surface area contributed by atoms with Gasteiger partial charge in [-0.25, -0.2) is 0 Å². The fraction of sp³-hybridized carbons (Fsp3) is 0.250. The third kappa shape index (κ3) is 6.51. The highest BCUT2D eigenvalue weighted by Crippen LogP contribution is 2.32. The summed E-state index contributed by atoms with van der Waals surface area (Å²) in [5.41, 5.74) is 4.81. The van der Waals surface area contributed by atoms with Crippen LogP contribution in [0.25, 0.3) is 16.5 Å². The third-order valence-electron chi connectivity index (χ3n) is 6.53. The number of nitrogens with one attached hydrogen (secondary N) is 1. The predicted molar refractivity (Wildman–Crippen MR) is 152 cm³/mol. The van der Waals surface area contributed by atoms with Crippen molar-refractivity contribution in [1.82, 2.24) is 4.57 Å². The second kappa shape index (κ2) is 12.3. The van der Waals surface area contributed by atoms with Gasteiger partial charge in [0.2, 0.25) is 5.91 Å². The molecular formula is C32H34N2O4. The molecule has 38 heavy (non-hydrogen) atoms. The fourth-order valence-corrected chi connectivity index (χ4v) is 4.72. The Morgan fingerprint density at radius 2 is 1.74 bits per heavy atom. The number of carbonyl (C=O) groups is 2. The highest BCUT2D eigenvalue weighted by molar-refractivity contribution is 6.04. The summed E-state index contributed by atoms with van der Waals surface area (Å²) in [6, 6.07) is 26.4. The van der Waals surface area contributed by atoms with E-state index in [4.69, 9.17) is 9.84 Å². The summed E-state index contributed by atoms with van der Waals surface area (Å²) in [5.74, 6) is -0.188. The van der Waals surface area contributed by atoms with Gasteiger partial charge in [-0.1, -0.05) is 62.4 Å². The number of aliphatic carboxylic acids is 1. The van der Waals surface area contributed by atoms with Crippen molar-refractivity contribution in [2.24, 2.45) is 5.92 Å². The number of anilines is 1. The van der Waals surface area contributed by atoms with Gasteiger partial charge in [0, 0.05) is 29.6 Å². The first-order valence-electron chi connectivity index (χ1n) is 12.9. The first kappa shape index (κ1) is 26.7. The van der Waals surface area contributed by atoms with E-state index in [0.717, 1.165) is 22.0 Å². The molecule has 2 N–H and O–H groups in total. The highest BCUT2D eigenvalue weighted by Gasteiger charge is 2.19. The Kier molecular flexibility index (Phi) is 8.64. The highest BCUT2D eigenvalue weighted by atomic mass is 16.5. The number of fused-ring (bicyclic) bond motifs is 1. The number of aromatic nitrogens is 1. The van der Waals surface area contributed by atoms with E-state index >= 15 is 0 Å². The average molecular weight is 511 g/mol. The Bertz CT molecular complexity index is 1440. The topological polar surface area (TPSA) is 80.6 Å². The van der Waals surface area contributed by atoms with Crippen LogP contribution in [0.1, 0.15) is 50.8 Å². The van der Waals surface area contributed by atoms with Crippen molar-refractivity contribution in [2.45, 2.75) is 39.7 Å². The van der Waals surface area contributed by atoms with Crippen molar-refractivity contribution in [1.29, 1.82) is 0 Å². The van der Waals surface area contributed by atoms with Crippen LogP contribution in [0.3, 0.4) is 0 Å². The number of allylic oxidation sites excluding steroid dienone is 1. The molecule has 196 valence electrons. The lowest BCUT2D eigenvalue weighted by Gasteiger charge is -2.24. The van der Waals surface area contributed by atoms with Crippen LogP contribution in [0, 0.1) is 5.92 Å². The van der Waals surface area contributed by atoms with Crippen LogP contribution in [0.4, 0.5) is 5.69 Å². The average Bonchev–Trinajstić information content (AvgIpc) is 3.30. The molecule has 0 saturated carbocycles. The molecule has 0 aliphatic rings. The molecule has 0 fully saturated rings. The lowest BCUT2D eigenvalue weighted by atomic mass is 9.95. The lowest BCUT2D eigenvalue weighted by Crippen LogP contribution is -2.15. The zero-order valence-corrected chi connectivity index (χ0v) is 22.1. The van der Waals surface area contributed by atoms with Gasteiger partial charge in [-0.05, 0) is 66.3 Å². The second-order valence-electron chi connectivity index (χ2n) is 9.75. The number of carboxylic acid groups (broad SMARTS) is 1. The van der Waals surface area contributed by atoms with Gasteiger partial charge in [0.15, 0.2) is 0 Å². The summed E-state index contributed by atoms with van der Waals surface area (Å²) in [6.45, 7) is 6.66. The molecule has 0 bridgehead atoms. The van der Waals surface area contributed by atoms with Gasteiger partial charge < -0.3 is 19.7 Å². The van der Waals surface area contributed by atoms with E-state index < -0.39 is 5.97 Å². The van der Waals surface area contributed by atoms with E-state index in [2.05, 4.69) is 78.5 Å². The molecule has 0 spiro atoms. The summed E-state index contributed by atoms with van der Waals surface area (Å²) in [7, 11) is 0. The van der Waals surface area contributed by atoms with Crippen molar-refractivity contribution < 1.29 is 19.4 Å². The smallest absolute Gasteiger partial charge is 0.303 e. The quantitative estimate of drug-likeness (QED) is 0.166. The summed E-state index contributed by atoms with van der Waals surface area (Å²) in [6.07, 6.45) is 4.16. The van der Waals surface area contributed by atoms with E-state index in [1.807, 2.05) is 25.1 Å². The maximum Gasteiger partial charge on any atom is 0.303 e. The number of amides is 1. The Morgan fingerprint density at radius 1 is 1.00 bits per heavy atom. The Morgan fingerprint density at radius 3 is 2.47 bits per heavy atom. The maximum atomic E-state index is 12.8. The van der Waals surface area contributed by atoms with Crippen molar-refractivity contribution in [3.05, 3.63) is 102 Å². The van der Waals surface area contributed by atoms with Crippen LogP contribution in [-0.2, 0) is 9.59 Å². The summed E-state index contributed by atoms with van der Waals surface area (Å²) in [5, 5.41) is 12.8. The van der Waals surface area contributed by atoms with Gasteiger partial charge in [0.25, 0.3) is 0 Å². The van der Waals surface area contributed by atoms with E-state index in [9.17, 15) is 9.59 Å². The molecule has 0 saturated heterocycles. The normalized spacial score (nSPS) is 12.5. The number of hydrogen-bond donors (Lipinski definition) is 2.